The van der Waals surface area contributed by atoms with Crippen LogP contribution in [0, 0.1) is 6.92 Å². The third kappa shape index (κ3) is 4.99. The Hall–Kier alpha value is -1.59. The molecule has 0 aliphatic carbocycles. The molecule has 2 amide bonds. The molecule has 0 fully saturated rings. The van der Waals surface area contributed by atoms with Crippen molar-refractivity contribution < 1.29 is 19.1 Å². The summed E-state index contributed by atoms with van der Waals surface area (Å²) in [6.45, 7) is 7.75. The van der Waals surface area contributed by atoms with E-state index in [1.165, 1.54) is 21.0 Å². The Bertz CT molecular complexity index is 265. The number of nitrogens with one attached hydrogen (secondary N) is 2. The van der Waals surface area contributed by atoms with Crippen LogP contribution < -0.4 is 10.6 Å². The van der Waals surface area contributed by atoms with Gasteiger partial charge in [-0.3, -0.25) is 9.59 Å². The van der Waals surface area contributed by atoms with Crippen molar-refractivity contribution in [3.63, 3.8) is 0 Å². The van der Waals surface area contributed by atoms with E-state index >= 15 is 0 Å². The molecule has 6 heteroatoms. The Labute approximate surface area is 88.4 Å². The summed E-state index contributed by atoms with van der Waals surface area (Å²) in [6.07, 6.45) is 0. The van der Waals surface area contributed by atoms with Gasteiger partial charge in [0.15, 0.2) is 0 Å². The molecule has 0 saturated carbocycles. The lowest BCUT2D eigenvalue weighted by Gasteiger charge is -2.16. The maximum atomic E-state index is 11.3. The lowest BCUT2D eigenvalue weighted by Crippen LogP contribution is -2.49. The molecular formula is C9H14N2O4. The molecule has 0 aliphatic heterocycles. The highest BCUT2D eigenvalue weighted by Gasteiger charge is 2.20. The molecule has 0 aromatic rings. The summed E-state index contributed by atoms with van der Waals surface area (Å²) in [7, 11) is 1.22. The van der Waals surface area contributed by atoms with Gasteiger partial charge in [0.05, 0.1) is 14.0 Å². The molecule has 0 aromatic heterocycles. The minimum atomic E-state index is -0.802. The van der Waals surface area contributed by atoms with Gasteiger partial charge in [-0.2, -0.15) is 0 Å². The van der Waals surface area contributed by atoms with Crippen molar-refractivity contribution in [3.05, 3.63) is 6.92 Å². The fraction of sp³-hybridized carbons (Fsp3) is 0.556. The number of amides is 2. The van der Waals surface area contributed by atoms with Crippen molar-refractivity contribution in [1.82, 2.24) is 10.6 Å². The van der Waals surface area contributed by atoms with E-state index in [4.69, 9.17) is 6.92 Å². The van der Waals surface area contributed by atoms with Crippen LogP contribution in [0.3, 0.4) is 0 Å². The molecule has 0 rings (SSSR count). The van der Waals surface area contributed by atoms with Crippen LogP contribution in [0.1, 0.15) is 13.8 Å². The van der Waals surface area contributed by atoms with E-state index in [9.17, 15) is 14.4 Å². The van der Waals surface area contributed by atoms with Crippen molar-refractivity contribution in [2.24, 2.45) is 0 Å². The van der Waals surface area contributed by atoms with E-state index in [0.29, 0.717) is 0 Å². The van der Waals surface area contributed by atoms with Crippen LogP contribution in [0.25, 0.3) is 0 Å². The molecule has 0 saturated heterocycles. The fourth-order valence-electron chi connectivity index (χ4n) is 0.853. The Balaban J connectivity index is 4.12. The highest BCUT2D eigenvalue weighted by atomic mass is 16.5. The third-order valence-corrected chi connectivity index (χ3v) is 1.67. The van der Waals surface area contributed by atoms with Gasteiger partial charge >= 0.3 is 5.97 Å². The molecule has 0 bridgehead atoms. The van der Waals surface area contributed by atoms with Gasteiger partial charge in [0.2, 0.25) is 11.8 Å². The van der Waals surface area contributed by atoms with Crippen molar-refractivity contribution in [2.75, 3.05) is 7.11 Å². The topological polar surface area (TPSA) is 84.5 Å². The molecule has 15 heavy (non-hydrogen) atoms. The Morgan fingerprint density at radius 3 is 2.07 bits per heavy atom. The zero-order valence-electron chi connectivity index (χ0n) is 8.87. The van der Waals surface area contributed by atoms with E-state index < -0.39 is 29.9 Å². The normalized spacial score (nSPS) is 13.6. The van der Waals surface area contributed by atoms with Gasteiger partial charge in [-0.25, -0.2) is 4.79 Å². The molecule has 2 radical (unpaired) electrons. The fourth-order valence-corrected chi connectivity index (χ4v) is 0.853. The zero-order chi connectivity index (χ0) is 12.0. The van der Waals surface area contributed by atoms with Crippen LogP contribution in [0.15, 0.2) is 0 Å². The second-order valence-corrected chi connectivity index (χ2v) is 2.98. The number of carbonyl (C=O) groups excluding carboxylic acids is 3. The van der Waals surface area contributed by atoms with Crippen LogP contribution >= 0.6 is 0 Å². The van der Waals surface area contributed by atoms with Gasteiger partial charge in [0.1, 0.15) is 12.1 Å². The van der Waals surface area contributed by atoms with Gasteiger partial charge in [-0.15, -0.1) is 0 Å². The first-order chi connectivity index (χ1) is 6.88. The number of rotatable bonds is 4. The predicted molar refractivity (Wildman–Crippen MR) is 51.5 cm³/mol. The summed E-state index contributed by atoms with van der Waals surface area (Å²) < 4.78 is 4.41. The summed E-state index contributed by atoms with van der Waals surface area (Å²) in [5, 5.41) is 4.53. The number of carbonyl (C=O) groups is 3. The predicted octanol–water partition coefficient (Wildman–Crippen LogP) is -1.12. The largest absolute Gasteiger partial charge is 0.467 e. The molecule has 0 spiro atoms. The Morgan fingerprint density at radius 1 is 1.13 bits per heavy atom. The SMILES string of the molecule is [CH]C(=O)NC(C)C(=O)NC(C)C(=O)OC. The van der Waals surface area contributed by atoms with Crippen molar-refractivity contribution >= 4 is 17.8 Å². The molecule has 0 heterocycles. The highest BCUT2D eigenvalue weighted by molar-refractivity contribution is 5.91. The van der Waals surface area contributed by atoms with E-state index in [-0.39, 0.29) is 0 Å². The minimum absolute atomic E-state index is 0.508. The quantitative estimate of drug-likeness (QED) is 0.580. The lowest BCUT2D eigenvalue weighted by atomic mass is 10.2. The van der Waals surface area contributed by atoms with Gasteiger partial charge in [0.25, 0.3) is 0 Å². The van der Waals surface area contributed by atoms with E-state index in [1.54, 1.807) is 0 Å². The monoisotopic (exact) mass is 214 g/mol. The van der Waals surface area contributed by atoms with Gasteiger partial charge in [-0.05, 0) is 13.8 Å². The summed E-state index contributed by atoms with van der Waals surface area (Å²) in [6, 6.07) is -1.56. The van der Waals surface area contributed by atoms with Crippen LogP contribution in [-0.4, -0.2) is 37.0 Å². The van der Waals surface area contributed by atoms with Crippen molar-refractivity contribution in [1.29, 1.82) is 0 Å². The van der Waals surface area contributed by atoms with Gasteiger partial charge < -0.3 is 15.4 Å². The molecule has 2 atom stereocenters. The first-order valence-corrected chi connectivity index (χ1v) is 4.32. The number of ether oxygens (including phenoxy) is 1. The smallest absolute Gasteiger partial charge is 0.328 e. The molecule has 6 nitrogen and oxygen atoms in total. The number of hydrogen-bond donors (Lipinski definition) is 2. The van der Waals surface area contributed by atoms with E-state index in [1.807, 2.05) is 0 Å². The van der Waals surface area contributed by atoms with Crippen molar-refractivity contribution in [2.45, 2.75) is 25.9 Å². The summed E-state index contributed by atoms with van der Waals surface area (Å²) >= 11 is 0. The standard InChI is InChI=1S/C9H14N2O4/c1-5(10-7(3)12)8(13)11-6(2)9(14)15-4/h3,5-6H,1-2,4H3,(H,10,12)(H,11,13). The number of esters is 1. The Morgan fingerprint density at radius 2 is 1.67 bits per heavy atom. The molecule has 0 aromatic carbocycles. The first kappa shape index (κ1) is 13.4. The van der Waals surface area contributed by atoms with Crippen LogP contribution in [0.4, 0.5) is 0 Å². The van der Waals surface area contributed by atoms with Crippen LogP contribution in [0.5, 0.6) is 0 Å². The highest BCUT2D eigenvalue weighted by Crippen LogP contribution is 1.89. The number of methoxy groups -OCH3 is 1. The van der Waals surface area contributed by atoms with Crippen LogP contribution in [0.2, 0.25) is 0 Å². The third-order valence-electron chi connectivity index (χ3n) is 1.67. The molecule has 2 unspecified atom stereocenters. The summed E-state index contributed by atoms with van der Waals surface area (Å²) in [5.41, 5.74) is 0. The number of hydrogen-bond acceptors (Lipinski definition) is 4. The van der Waals surface area contributed by atoms with Gasteiger partial charge in [0, 0.05) is 0 Å². The lowest BCUT2D eigenvalue weighted by molar-refractivity contribution is -0.144. The minimum Gasteiger partial charge on any atom is -0.467 e. The molecule has 84 valence electrons. The first-order valence-electron chi connectivity index (χ1n) is 4.32. The average Bonchev–Trinajstić information content (AvgIpc) is 2.15. The van der Waals surface area contributed by atoms with E-state index in [2.05, 4.69) is 15.4 Å². The maximum Gasteiger partial charge on any atom is 0.328 e. The van der Waals surface area contributed by atoms with Crippen molar-refractivity contribution in [3.8, 4) is 0 Å². The molecule has 2 N–H and O–H groups in total. The average molecular weight is 214 g/mol. The second-order valence-electron chi connectivity index (χ2n) is 2.98. The molecule has 0 aliphatic rings. The van der Waals surface area contributed by atoms with E-state index in [0.717, 1.165) is 0 Å². The molecular weight excluding hydrogens is 200 g/mol. The summed E-state index contributed by atoms with van der Waals surface area (Å²) in [5.74, 6) is -1.87. The van der Waals surface area contributed by atoms with Crippen LogP contribution in [-0.2, 0) is 19.1 Å². The van der Waals surface area contributed by atoms with Gasteiger partial charge in [-0.1, -0.05) is 0 Å². The summed E-state index contributed by atoms with van der Waals surface area (Å²) in [4.78, 5) is 32.7. The zero-order valence-corrected chi connectivity index (χ0v) is 8.87. The second kappa shape index (κ2) is 6.00. The Kier molecular flexibility index (Phi) is 5.36. The maximum absolute atomic E-state index is 11.3.